The van der Waals surface area contributed by atoms with E-state index in [1.807, 2.05) is 24.3 Å². The maximum absolute atomic E-state index is 10.8. The summed E-state index contributed by atoms with van der Waals surface area (Å²) in [7, 11) is 0. The monoisotopic (exact) mass is 292 g/mol. The minimum absolute atomic E-state index is 0.0229. The van der Waals surface area contributed by atoms with Crippen molar-refractivity contribution in [2.75, 3.05) is 6.61 Å². The first-order valence-electron chi connectivity index (χ1n) is 7.33. The number of nitrogens with one attached hydrogen (secondary N) is 1. The average molecular weight is 292 g/mol. The number of primary amides is 1. The van der Waals surface area contributed by atoms with Crippen LogP contribution in [0.2, 0.25) is 0 Å². The summed E-state index contributed by atoms with van der Waals surface area (Å²) in [4.78, 5) is 10.8. The third kappa shape index (κ3) is 7.14. The zero-order valence-corrected chi connectivity index (χ0v) is 13.8. The van der Waals surface area contributed by atoms with Crippen LogP contribution in [0.15, 0.2) is 24.3 Å². The maximum atomic E-state index is 10.8. The Morgan fingerprint density at radius 1 is 1.19 bits per heavy atom. The Bertz CT molecular complexity index is 476. The lowest BCUT2D eigenvalue weighted by atomic mass is 9.82. The van der Waals surface area contributed by atoms with Crippen molar-refractivity contribution in [1.29, 1.82) is 0 Å². The molecule has 0 saturated carbocycles. The Morgan fingerprint density at radius 2 is 1.81 bits per heavy atom. The molecule has 0 atom stereocenters. The SMILES string of the molecule is CC(C)(C)CC(C)(C)NCc1ccccc1OCC(N)=O. The molecule has 3 N–H and O–H groups in total. The second kappa shape index (κ2) is 6.94. The Balaban J connectivity index is 2.68. The van der Waals surface area contributed by atoms with Gasteiger partial charge in [0.25, 0.3) is 5.91 Å². The van der Waals surface area contributed by atoms with Crippen LogP contribution < -0.4 is 15.8 Å². The first-order valence-corrected chi connectivity index (χ1v) is 7.33. The summed E-state index contributed by atoms with van der Waals surface area (Å²) < 4.78 is 5.45. The molecule has 0 unspecified atom stereocenters. The summed E-state index contributed by atoms with van der Waals surface area (Å²) in [5, 5.41) is 3.56. The summed E-state index contributed by atoms with van der Waals surface area (Å²) in [5.41, 5.74) is 6.44. The van der Waals surface area contributed by atoms with Gasteiger partial charge in [-0.05, 0) is 31.7 Å². The van der Waals surface area contributed by atoms with Gasteiger partial charge < -0.3 is 15.8 Å². The van der Waals surface area contributed by atoms with Crippen LogP contribution in [0, 0.1) is 5.41 Å². The van der Waals surface area contributed by atoms with Crippen molar-refractivity contribution in [3.8, 4) is 5.75 Å². The number of nitrogens with two attached hydrogens (primary N) is 1. The van der Waals surface area contributed by atoms with Crippen LogP contribution in [-0.2, 0) is 11.3 Å². The van der Waals surface area contributed by atoms with Crippen molar-refractivity contribution in [3.63, 3.8) is 0 Å². The molecule has 118 valence electrons. The Hall–Kier alpha value is -1.55. The van der Waals surface area contributed by atoms with E-state index in [-0.39, 0.29) is 17.6 Å². The zero-order chi connectivity index (χ0) is 16.1. The number of ether oxygens (including phenoxy) is 1. The van der Waals surface area contributed by atoms with E-state index >= 15 is 0 Å². The van der Waals surface area contributed by atoms with Crippen molar-refractivity contribution in [2.24, 2.45) is 11.1 Å². The highest BCUT2D eigenvalue weighted by molar-refractivity contribution is 5.75. The highest BCUT2D eigenvalue weighted by Crippen LogP contribution is 2.27. The number of para-hydroxylation sites is 1. The van der Waals surface area contributed by atoms with Gasteiger partial charge in [-0.3, -0.25) is 4.79 Å². The fourth-order valence-corrected chi connectivity index (χ4v) is 2.66. The van der Waals surface area contributed by atoms with Crippen molar-refractivity contribution in [3.05, 3.63) is 29.8 Å². The van der Waals surface area contributed by atoms with E-state index in [1.165, 1.54) is 0 Å². The molecule has 1 aromatic carbocycles. The van der Waals surface area contributed by atoms with Crippen LogP contribution in [0.25, 0.3) is 0 Å². The van der Waals surface area contributed by atoms with Crippen LogP contribution in [0.4, 0.5) is 0 Å². The van der Waals surface area contributed by atoms with E-state index in [0.717, 1.165) is 12.0 Å². The van der Waals surface area contributed by atoms with Crippen LogP contribution >= 0.6 is 0 Å². The molecule has 0 aliphatic rings. The minimum atomic E-state index is -0.467. The lowest BCUT2D eigenvalue weighted by molar-refractivity contribution is -0.119. The standard InChI is InChI=1S/C17H28N2O2/c1-16(2,3)12-17(4,5)19-10-13-8-6-7-9-14(13)21-11-15(18)20/h6-9,19H,10-12H2,1-5H3,(H2,18,20). The molecule has 4 nitrogen and oxygen atoms in total. The summed E-state index contributed by atoms with van der Waals surface area (Å²) in [6.45, 7) is 11.7. The number of hydrogen-bond donors (Lipinski definition) is 2. The molecule has 0 radical (unpaired) electrons. The van der Waals surface area contributed by atoms with Gasteiger partial charge in [0.2, 0.25) is 0 Å². The third-order valence-electron chi connectivity index (χ3n) is 3.07. The molecule has 1 amide bonds. The summed E-state index contributed by atoms with van der Waals surface area (Å²) in [6.07, 6.45) is 1.06. The molecule has 0 saturated heterocycles. The van der Waals surface area contributed by atoms with Gasteiger partial charge in [0, 0.05) is 17.6 Å². The van der Waals surface area contributed by atoms with Gasteiger partial charge in [-0.2, -0.15) is 0 Å². The van der Waals surface area contributed by atoms with E-state index in [2.05, 4.69) is 39.9 Å². The van der Waals surface area contributed by atoms with Crippen LogP contribution in [0.3, 0.4) is 0 Å². The molecule has 0 aliphatic heterocycles. The smallest absolute Gasteiger partial charge is 0.255 e. The third-order valence-corrected chi connectivity index (χ3v) is 3.07. The van der Waals surface area contributed by atoms with Gasteiger partial charge in [-0.15, -0.1) is 0 Å². The molecule has 0 bridgehead atoms. The lowest BCUT2D eigenvalue weighted by Crippen LogP contribution is -2.41. The Labute approximate surface area is 128 Å². The number of hydrogen-bond acceptors (Lipinski definition) is 3. The lowest BCUT2D eigenvalue weighted by Gasteiger charge is -2.33. The molecule has 0 aromatic heterocycles. The predicted octanol–water partition coefficient (Wildman–Crippen LogP) is 2.86. The molecular weight excluding hydrogens is 264 g/mol. The van der Waals surface area contributed by atoms with Gasteiger partial charge in [-0.25, -0.2) is 0 Å². The highest BCUT2D eigenvalue weighted by Gasteiger charge is 2.25. The average Bonchev–Trinajstić information content (AvgIpc) is 2.32. The van der Waals surface area contributed by atoms with Crippen LogP contribution in [0.5, 0.6) is 5.75 Å². The molecule has 0 heterocycles. The number of benzene rings is 1. The second-order valence-electron chi connectivity index (χ2n) is 7.34. The van der Waals surface area contributed by atoms with E-state index in [0.29, 0.717) is 12.3 Å². The van der Waals surface area contributed by atoms with E-state index in [4.69, 9.17) is 10.5 Å². The molecule has 1 rings (SSSR count). The zero-order valence-electron chi connectivity index (χ0n) is 13.8. The van der Waals surface area contributed by atoms with Crippen molar-refractivity contribution < 1.29 is 9.53 Å². The van der Waals surface area contributed by atoms with Gasteiger partial charge in [0.15, 0.2) is 6.61 Å². The van der Waals surface area contributed by atoms with Crippen molar-refractivity contribution in [2.45, 2.75) is 53.1 Å². The van der Waals surface area contributed by atoms with Gasteiger partial charge >= 0.3 is 0 Å². The Kier molecular flexibility index (Phi) is 5.78. The second-order valence-corrected chi connectivity index (χ2v) is 7.34. The first kappa shape index (κ1) is 17.5. The van der Waals surface area contributed by atoms with Gasteiger partial charge in [-0.1, -0.05) is 39.0 Å². The van der Waals surface area contributed by atoms with Crippen LogP contribution in [0.1, 0.15) is 46.6 Å². The predicted molar refractivity (Wildman–Crippen MR) is 86.1 cm³/mol. The van der Waals surface area contributed by atoms with E-state index in [1.54, 1.807) is 0 Å². The van der Waals surface area contributed by atoms with Crippen LogP contribution in [-0.4, -0.2) is 18.1 Å². The molecule has 0 fully saturated rings. The first-order chi connectivity index (χ1) is 9.59. The highest BCUT2D eigenvalue weighted by atomic mass is 16.5. The molecule has 21 heavy (non-hydrogen) atoms. The topological polar surface area (TPSA) is 64.3 Å². The molecule has 0 aliphatic carbocycles. The van der Waals surface area contributed by atoms with Crippen molar-refractivity contribution >= 4 is 5.91 Å². The molecule has 4 heteroatoms. The fraction of sp³-hybridized carbons (Fsp3) is 0.588. The molecule has 1 aromatic rings. The van der Waals surface area contributed by atoms with Gasteiger partial charge in [0.1, 0.15) is 5.75 Å². The van der Waals surface area contributed by atoms with E-state index < -0.39 is 5.91 Å². The number of amides is 1. The summed E-state index contributed by atoms with van der Waals surface area (Å²) in [6, 6.07) is 7.71. The minimum Gasteiger partial charge on any atom is -0.483 e. The number of carbonyl (C=O) groups excluding carboxylic acids is 1. The normalized spacial score (nSPS) is 12.2. The number of rotatable bonds is 7. The van der Waals surface area contributed by atoms with Gasteiger partial charge in [0.05, 0.1) is 0 Å². The largest absolute Gasteiger partial charge is 0.483 e. The summed E-state index contributed by atoms with van der Waals surface area (Å²) >= 11 is 0. The van der Waals surface area contributed by atoms with E-state index in [9.17, 15) is 4.79 Å². The Morgan fingerprint density at radius 3 is 2.38 bits per heavy atom. The quantitative estimate of drug-likeness (QED) is 0.812. The maximum Gasteiger partial charge on any atom is 0.255 e. The van der Waals surface area contributed by atoms with Crippen molar-refractivity contribution in [1.82, 2.24) is 5.32 Å². The molecule has 0 spiro atoms. The molecular formula is C17H28N2O2. The fourth-order valence-electron chi connectivity index (χ4n) is 2.66. The summed E-state index contributed by atoms with van der Waals surface area (Å²) in [5.74, 6) is 0.237. The number of carbonyl (C=O) groups is 1.